The first-order chi connectivity index (χ1) is 16.0. The molecule has 0 saturated carbocycles. The molecule has 0 radical (unpaired) electrons. The van der Waals surface area contributed by atoms with E-state index in [1.807, 2.05) is 57.2 Å². The van der Waals surface area contributed by atoms with Gasteiger partial charge in [-0.05, 0) is 46.4 Å². The number of fused-ring (bicyclic) bond motifs is 4. The molecule has 0 aromatic heterocycles. The van der Waals surface area contributed by atoms with Crippen LogP contribution in [-0.2, 0) is 17.8 Å². The standard InChI is InChI=1S/C25H30F3N3O3/c1-4-16-14-30(23(32)25(26,27)28)20-12-18-17(21(16)24(20,2)3)10-11-19(31(33)34)22(18)29-13-15-8-6-5-7-9-15/h5-11,16,20-21,29,33-34H,4,12-14H2,1-3H3/t16?,20-,21+/m1/s1. The van der Waals surface area contributed by atoms with E-state index in [9.17, 15) is 28.4 Å². The summed E-state index contributed by atoms with van der Waals surface area (Å²) < 4.78 is 40.6. The molecule has 2 aliphatic rings. The lowest BCUT2D eigenvalue weighted by atomic mass is 9.55. The molecule has 2 aromatic carbocycles. The van der Waals surface area contributed by atoms with Crippen LogP contribution in [0.2, 0.25) is 0 Å². The molecular weight excluding hydrogens is 447 g/mol. The molecule has 6 nitrogen and oxygen atoms in total. The van der Waals surface area contributed by atoms with Crippen LogP contribution in [0.1, 0.15) is 49.8 Å². The van der Waals surface area contributed by atoms with Gasteiger partial charge in [-0.3, -0.25) is 15.2 Å². The lowest BCUT2D eigenvalue weighted by Crippen LogP contribution is -2.63. The highest BCUT2D eigenvalue weighted by molar-refractivity contribution is 5.83. The smallest absolute Gasteiger partial charge is 0.379 e. The van der Waals surface area contributed by atoms with Gasteiger partial charge in [0.05, 0.1) is 5.69 Å². The van der Waals surface area contributed by atoms with Crippen molar-refractivity contribution in [2.45, 2.75) is 58.3 Å². The second kappa shape index (κ2) is 8.78. The summed E-state index contributed by atoms with van der Waals surface area (Å²) in [6.07, 6.45) is -4.16. The number of anilines is 2. The molecule has 34 heavy (non-hydrogen) atoms. The highest BCUT2D eigenvalue weighted by atomic mass is 19.4. The van der Waals surface area contributed by atoms with Crippen molar-refractivity contribution in [3.63, 3.8) is 0 Å². The summed E-state index contributed by atoms with van der Waals surface area (Å²) in [6, 6.07) is 12.3. The van der Waals surface area contributed by atoms with Crippen molar-refractivity contribution in [2.24, 2.45) is 11.3 Å². The first-order valence-electron chi connectivity index (χ1n) is 11.5. The fourth-order valence-corrected chi connectivity index (χ4v) is 5.99. The molecule has 1 fully saturated rings. The Bertz CT molecular complexity index is 1060. The molecule has 1 aliphatic carbocycles. The van der Waals surface area contributed by atoms with Crippen molar-refractivity contribution in [1.82, 2.24) is 4.90 Å². The first kappa shape index (κ1) is 24.3. The van der Waals surface area contributed by atoms with Gasteiger partial charge in [-0.15, -0.1) is 5.23 Å². The maximum absolute atomic E-state index is 13.5. The van der Waals surface area contributed by atoms with E-state index in [4.69, 9.17) is 0 Å². The van der Waals surface area contributed by atoms with Gasteiger partial charge in [0.15, 0.2) is 0 Å². The summed E-state index contributed by atoms with van der Waals surface area (Å²) >= 11 is 0. The number of halogens is 3. The topological polar surface area (TPSA) is 76.0 Å². The number of benzene rings is 2. The zero-order valence-electron chi connectivity index (χ0n) is 19.4. The summed E-state index contributed by atoms with van der Waals surface area (Å²) in [6.45, 7) is 6.23. The maximum Gasteiger partial charge on any atom is 0.471 e. The van der Waals surface area contributed by atoms with E-state index in [1.54, 1.807) is 6.07 Å². The average molecular weight is 478 g/mol. The molecular formula is C25H30F3N3O3. The second-order valence-electron chi connectivity index (χ2n) is 9.80. The quantitative estimate of drug-likeness (QED) is 0.507. The van der Waals surface area contributed by atoms with Gasteiger partial charge in [0.1, 0.15) is 5.69 Å². The molecule has 1 heterocycles. The van der Waals surface area contributed by atoms with Crippen molar-refractivity contribution in [3.05, 3.63) is 59.2 Å². The van der Waals surface area contributed by atoms with Crippen molar-refractivity contribution in [3.8, 4) is 0 Å². The molecule has 4 rings (SSSR count). The molecule has 184 valence electrons. The molecule has 2 bridgehead atoms. The zero-order valence-corrected chi connectivity index (χ0v) is 19.4. The minimum absolute atomic E-state index is 0.0269. The molecule has 1 amide bonds. The van der Waals surface area contributed by atoms with Crippen molar-refractivity contribution >= 4 is 17.3 Å². The molecule has 3 N–H and O–H groups in total. The minimum Gasteiger partial charge on any atom is -0.379 e. The number of nitrogens with one attached hydrogen (secondary N) is 1. The van der Waals surface area contributed by atoms with E-state index in [0.29, 0.717) is 24.2 Å². The van der Waals surface area contributed by atoms with Crippen LogP contribution >= 0.6 is 0 Å². The number of alkyl halides is 3. The Kier molecular flexibility index (Phi) is 6.29. The van der Waals surface area contributed by atoms with Gasteiger partial charge >= 0.3 is 12.1 Å². The number of hydrogen-bond donors (Lipinski definition) is 3. The van der Waals surface area contributed by atoms with Crippen molar-refractivity contribution in [2.75, 3.05) is 17.1 Å². The third kappa shape index (κ3) is 4.11. The summed E-state index contributed by atoms with van der Waals surface area (Å²) in [7, 11) is 0. The number of rotatable bonds is 5. The van der Waals surface area contributed by atoms with E-state index < -0.39 is 23.5 Å². The van der Waals surface area contributed by atoms with Crippen LogP contribution in [0.25, 0.3) is 0 Å². The Morgan fingerprint density at radius 1 is 1.18 bits per heavy atom. The van der Waals surface area contributed by atoms with Crippen LogP contribution in [-0.4, -0.2) is 40.0 Å². The minimum atomic E-state index is -4.95. The number of piperidine rings is 1. The zero-order chi connectivity index (χ0) is 24.8. The first-order valence-corrected chi connectivity index (χ1v) is 11.5. The van der Waals surface area contributed by atoms with Gasteiger partial charge < -0.3 is 10.2 Å². The fourth-order valence-electron chi connectivity index (χ4n) is 5.99. The number of hydrogen-bond acceptors (Lipinski definition) is 5. The predicted molar refractivity (Wildman–Crippen MR) is 122 cm³/mol. The van der Waals surface area contributed by atoms with Crippen LogP contribution in [0.3, 0.4) is 0 Å². The Balaban J connectivity index is 1.83. The largest absolute Gasteiger partial charge is 0.471 e. The van der Waals surface area contributed by atoms with Gasteiger partial charge in [-0.2, -0.15) is 13.2 Å². The van der Waals surface area contributed by atoms with Gasteiger partial charge in [-0.1, -0.05) is 63.6 Å². The number of nitrogens with zero attached hydrogens (tertiary/aromatic N) is 2. The highest BCUT2D eigenvalue weighted by Crippen LogP contribution is 2.57. The van der Waals surface area contributed by atoms with Gasteiger partial charge in [-0.25, -0.2) is 0 Å². The Hall–Kier alpha value is -2.78. The molecule has 1 unspecified atom stereocenters. The number of amides is 1. The third-order valence-corrected chi connectivity index (χ3v) is 7.55. The summed E-state index contributed by atoms with van der Waals surface area (Å²) in [5, 5.41) is 23.1. The maximum atomic E-state index is 13.5. The fraction of sp³-hybridized carbons (Fsp3) is 0.480. The second-order valence-corrected chi connectivity index (χ2v) is 9.80. The summed E-state index contributed by atoms with van der Waals surface area (Å²) in [4.78, 5) is 13.4. The van der Waals surface area contributed by atoms with Crippen LogP contribution in [0, 0.1) is 11.3 Å². The van der Waals surface area contributed by atoms with Crippen molar-refractivity contribution in [1.29, 1.82) is 0 Å². The lowest BCUT2D eigenvalue weighted by molar-refractivity contribution is -0.195. The van der Waals surface area contributed by atoms with E-state index in [1.165, 1.54) is 0 Å². The van der Waals surface area contributed by atoms with E-state index in [-0.39, 0.29) is 35.7 Å². The Morgan fingerprint density at radius 2 is 1.85 bits per heavy atom. The van der Waals surface area contributed by atoms with Crippen LogP contribution < -0.4 is 10.5 Å². The van der Waals surface area contributed by atoms with E-state index >= 15 is 0 Å². The SMILES string of the molecule is CCC1CN(C(=O)C(F)(F)F)[C@@H]2Cc3c(ccc(N(O)O)c3NCc3ccccc3)[C@H]1C2(C)C. The van der Waals surface area contributed by atoms with Crippen LogP contribution in [0.4, 0.5) is 24.5 Å². The molecule has 9 heteroatoms. The molecule has 0 spiro atoms. The summed E-state index contributed by atoms with van der Waals surface area (Å²) in [5.74, 6) is -2.06. The van der Waals surface area contributed by atoms with Crippen molar-refractivity contribution < 1.29 is 28.4 Å². The van der Waals surface area contributed by atoms with Gasteiger partial charge in [0.25, 0.3) is 0 Å². The summed E-state index contributed by atoms with van der Waals surface area (Å²) in [5.41, 5.74) is 2.62. The normalized spacial score (nSPS) is 23.3. The van der Waals surface area contributed by atoms with Crippen LogP contribution in [0.15, 0.2) is 42.5 Å². The molecule has 2 aromatic rings. The van der Waals surface area contributed by atoms with Gasteiger partial charge in [0, 0.05) is 19.1 Å². The highest BCUT2D eigenvalue weighted by Gasteiger charge is 2.57. The molecule has 3 atom stereocenters. The Labute approximate surface area is 196 Å². The molecule has 1 aliphatic heterocycles. The number of carbonyl (C=O) groups is 1. The predicted octanol–water partition coefficient (Wildman–Crippen LogP) is 5.35. The number of likely N-dealkylation sites (tertiary alicyclic amines) is 1. The van der Waals surface area contributed by atoms with Gasteiger partial charge in [0.2, 0.25) is 0 Å². The lowest BCUT2D eigenvalue weighted by Gasteiger charge is -2.58. The Morgan fingerprint density at radius 3 is 2.44 bits per heavy atom. The van der Waals surface area contributed by atoms with E-state index in [0.717, 1.165) is 16.0 Å². The number of carbonyl (C=O) groups excluding carboxylic acids is 1. The van der Waals surface area contributed by atoms with E-state index in [2.05, 4.69) is 5.32 Å². The third-order valence-electron chi connectivity index (χ3n) is 7.55. The molecule has 1 saturated heterocycles. The van der Waals surface area contributed by atoms with Crippen LogP contribution in [0.5, 0.6) is 0 Å². The average Bonchev–Trinajstić information content (AvgIpc) is 2.76. The monoisotopic (exact) mass is 477 g/mol.